The summed E-state index contributed by atoms with van der Waals surface area (Å²) in [5, 5.41) is 60.4. The van der Waals surface area contributed by atoms with Crippen molar-refractivity contribution in [3.63, 3.8) is 0 Å². The molecule has 2 saturated heterocycles. The van der Waals surface area contributed by atoms with Gasteiger partial charge in [-0.15, -0.1) is 0 Å². The molecule has 0 aromatic carbocycles. The van der Waals surface area contributed by atoms with E-state index in [1.165, 1.54) is 0 Å². The molecule has 0 amide bonds. The molecule has 2 heterocycles. The molecular formula is C33H52O10. The van der Waals surface area contributed by atoms with Crippen molar-refractivity contribution in [2.75, 3.05) is 13.2 Å². The van der Waals surface area contributed by atoms with Gasteiger partial charge in [-0.05, 0) is 73.5 Å². The highest BCUT2D eigenvalue weighted by Crippen LogP contribution is 2.70. The second-order valence-electron chi connectivity index (χ2n) is 15.3. The average molecular weight is 609 g/mol. The van der Waals surface area contributed by atoms with E-state index in [0.717, 1.165) is 50.7 Å². The molecule has 0 radical (unpaired) electrons. The van der Waals surface area contributed by atoms with E-state index in [2.05, 4.69) is 33.8 Å². The second-order valence-corrected chi connectivity index (χ2v) is 15.3. The molecule has 244 valence electrons. The molecule has 0 unspecified atom stereocenters. The van der Waals surface area contributed by atoms with Crippen molar-refractivity contribution in [3.05, 3.63) is 11.6 Å². The second kappa shape index (κ2) is 11.3. The molecule has 6 rings (SSSR count). The van der Waals surface area contributed by atoms with Crippen LogP contribution < -0.4 is 0 Å². The van der Waals surface area contributed by atoms with Gasteiger partial charge in [-0.1, -0.05) is 39.3 Å². The number of hydrogen-bond acceptors (Lipinski definition) is 10. The van der Waals surface area contributed by atoms with Gasteiger partial charge in [-0.25, -0.2) is 4.79 Å². The van der Waals surface area contributed by atoms with Crippen LogP contribution in [0.1, 0.15) is 79.1 Å². The summed E-state index contributed by atoms with van der Waals surface area (Å²) in [5.41, 5.74) is 0.625. The maximum Gasteiger partial charge on any atom is 0.338 e. The molecule has 4 aliphatic carbocycles. The van der Waals surface area contributed by atoms with Crippen molar-refractivity contribution in [1.29, 1.82) is 0 Å². The van der Waals surface area contributed by atoms with Gasteiger partial charge in [0, 0.05) is 24.2 Å². The van der Waals surface area contributed by atoms with E-state index in [-0.39, 0.29) is 23.9 Å². The summed E-state index contributed by atoms with van der Waals surface area (Å²) in [6, 6.07) is 0. The zero-order chi connectivity index (χ0) is 31.1. The fourth-order valence-electron chi connectivity index (χ4n) is 10.7. The van der Waals surface area contributed by atoms with Crippen LogP contribution in [0.15, 0.2) is 11.6 Å². The average Bonchev–Trinajstić information content (AvgIpc) is 3.43. The number of allylic oxidation sites excluding steroid dienone is 1. The van der Waals surface area contributed by atoms with E-state index in [4.69, 9.17) is 19.3 Å². The van der Waals surface area contributed by atoms with Gasteiger partial charge in [0.05, 0.1) is 25.4 Å². The van der Waals surface area contributed by atoms with Gasteiger partial charge in [0.25, 0.3) is 0 Å². The lowest BCUT2D eigenvalue weighted by molar-refractivity contribution is -0.272. The number of carbonyl (C=O) groups excluding carboxylic acids is 1. The summed E-state index contributed by atoms with van der Waals surface area (Å²) in [6.45, 7) is 9.05. The zero-order valence-corrected chi connectivity index (χ0v) is 26.0. The summed E-state index contributed by atoms with van der Waals surface area (Å²) >= 11 is 0. The number of aliphatic hydroxyl groups excluding tert-OH is 6. The highest BCUT2D eigenvalue weighted by molar-refractivity contribution is 5.75. The monoisotopic (exact) mass is 608 g/mol. The molecule has 0 bridgehead atoms. The molecule has 1 spiro atoms. The Morgan fingerprint density at radius 1 is 1.07 bits per heavy atom. The first kappa shape index (κ1) is 31.9. The first-order chi connectivity index (χ1) is 20.3. The lowest BCUT2D eigenvalue weighted by Gasteiger charge is -2.60. The Kier molecular flexibility index (Phi) is 8.37. The summed E-state index contributed by atoms with van der Waals surface area (Å²) in [6.07, 6.45) is -0.202. The molecule has 3 saturated carbocycles. The van der Waals surface area contributed by atoms with Crippen LogP contribution in [0.4, 0.5) is 0 Å². The number of aliphatic hydroxyl groups is 6. The molecule has 5 fully saturated rings. The quantitative estimate of drug-likeness (QED) is 0.193. The fraction of sp³-hybridized carbons (Fsp3) is 0.909. The molecule has 0 aromatic rings. The number of rotatable bonds is 6. The molecule has 43 heavy (non-hydrogen) atoms. The smallest absolute Gasteiger partial charge is 0.338 e. The van der Waals surface area contributed by atoms with Crippen LogP contribution in [0.2, 0.25) is 0 Å². The van der Waals surface area contributed by atoms with E-state index in [1.54, 1.807) is 0 Å². The first-order valence-corrected chi connectivity index (χ1v) is 16.5. The Hall–Kier alpha value is -1.11. The molecule has 6 N–H and O–H groups in total. The standard InChI is InChI=1S/C33H52O10/c1-16-7-10-33(41-15-16)17(2)26-24(43-33)13-22-20-6-5-18-11-19(35)12-25(32(18,4)21(20)8-9-31(22,26)3)42-30(40)29(39)28(38)27(37)23(36)14-34/h5,16-17,19-29,34-39H,6-15H2,1-4H3/t16-,17+,19-,20-,21+,22+,23-,24+,25-,26+,27-,28+,29-,31+,32+,33-/m1/s1. The summed E-state index contributed by atoms with van der Waals surface area (Å²) < 4.78 is 19.2. The van der Waals surface area contributed by atoms with Crippen LogP contribution in [-0.4, -0.2) is 98.3 Å². The third kappa shape index (κ3) is 4.85. The summed E-state index contributed by atoms with van der Waals surface area (Å²) in [5.74, 6) is 0.691. The van der Waals surface area contributed by atoms with Crippen LogP contribution in [-0.2, 0) is 19.0 Å². The van der Waals surface area contributed by atoms with Crippen LogP contribution in [0.5, 0.6) is 0 Å². The van der Waals surface area contributed by atoms with Crippen LogP contribution in [0, 0.1) is 46.3 Å². The van der Waals surface area contributed by atoms with Gasteiger partial charge in [0.2, 0.25) is 0 Å². The van der Waals surface area contributed by atoms with Gasteiger partial charge in [0.15, 0.2) is 11.9 Å². The minimum Gasteiger partial charge on any atom is -0.459 e. The minimum absolute atomic E-state index is 0.104. The molecule has 10 heteroatoms. The third-order valence-electron chi connectivity index (χ3n) is 13.2. The van der Waals surface area contributed by atoms with Gasteiger partial charge in [0.1, 0.15) is 24.4 Å². The zero-order valence-electron chi connectivity index (χ0n) is 26.0. The molecule has 0 aromatic heterocycles. The number of fused-ring (bicyclic) bond motifs is 7. The van der Waals surface area contributed by atoms with Crippen molar-refractivity contribution in [2.24, 2.45) is 46.3 Å². The Morgan fingerprint density at radius 3 is 2.49 bits per heavy atom. The predicted octanol–water partition coefficient (Wildman–Crippen LogP) is 1.67. The van der Waals surface area contributed by atoms with E-state index < -0.39 is 60.4 Å². The maximum absolute atomic E-state index is 13.1. The van der Waals surface area contributed by atoms with Gasteiger partial charge >= 0.3 is 5.97 Å². The maximum atomic E-state index is 13.1. The largest absolute Gasteiger partial charge is 0.459 e. The van der Waals surface area contributed by atoms with Gasteiger partial charge in [-0.2, -0.15) is 0 Å². The van der Waals surface area contributed by atoms with Gasteiger partial charge in [-0.3, -0.25) is 0 Å². The lowest BCUT2D eigenvalue weighted by Crippen LogP contribution is -2.58. The summed E-state index contributed by atoms with van der Waals surface area (Å²) in [7, 11) is 0. The number of esters is 1. The van der Waals surface area contributed by atoms with Crippen LogP contribution in [0.25, 0.3) is 0 Å². The van der Waals surface area contributed by atoms with E-state index in [1.807, 2.05) is 0 Å². The molecular weight excluding hydrogens is 556 g/mol. The van der Waals surface area contributed by atoms with E-state index in [0.29, 0.717) is 36.0 Å². The van der Waals surface area contributed by atoms with Crippen molar-refractivity contribution >= 4 is 5.97 Å². The Balaban J connectivity index is 1.22. The Bertz CT molecular complexity index is 1090. The normalized spacial score (nSPS) is 50.0. The van der Waals surface area contributed by atoms with Crippen LogP contribution >= 0.6 is 0 Å². The van der Waals surface area contributed by atoms with E-state index in [9.17, 15) is 30.3 Å². The summed E-state index contributed by atoms with van der Waals surface area (Å²) in [4.78, 5) is 13.1. The molecule has 16 atom stereocenters. The molecule has 10 nitrogen and oxygen atoms in total. The highest BCUT2D eigenvalue weighted by Gasteiger charge is 2.69. The van der Waals surface area contributed by atoms with Crippen molar-refractivity contribution < 1.29 is 49.6 Å². The topological polar surface area (TPSA) is 166 Å². The number of hydrogen-bond donors (Lipinski definition) is 6. The fourth-order valence-corrected chi connectivity index (χ4v) is 10.7. The van der Waals surface area contributed by atoms with E-state index >= 15 is 0 Å². The molecule has 6 aliphatic rings. The number of carbonyl (C=O) groups is 1. The number of ether oxygens (including phenoxy) is 3. The Morgan fingerprint density at radius 2 is 1.81 bits per heavy atom. The van der Waals surface area contributed by atoms with Gasteiger partial charge < -0.3 is 44.8 Å². The van der Waals surface area contributed by atoms with Crippen LogP contribution in [0.3, 0.4) is 0 Å². The first-order valence-electron chi connectivity index (χ1n) is 16.5. The highest BCUT2D eigenvalue weighted by atomic mass is 16.7. The van der Waals surface area contributed by atoms with Crippen molar-refractivity contribution in [3.8, 4) is 0 Å². The minimum atomic E-state index is -2.12. The predicted molar refractivity (Wildman–Crippen MR) is 154 cm³/mol. The third-order valence-corrected chi connectivity index (χ3v) is 13.2. The SMILES string of the molecule is C[C@@H]1CC[C@@]2(OC1)O[C@H]1C[C@H]3[C@@H]4CC=C5C[C@@H](O)C[C@@H](OC(=O)[C@H](O)[C@@H](O)[C@H](O)[C@H](O)CO)[C@]5(C)[C@H]4CC[C@]3(C)[C@H]1[C@@H]2C. The van der Waals surface area contributed by atoms with Crippen molar-refractivity contribution in [2.45, 2.75) is 128 Å². The molecule has 2 aliphatic heterocycles. The lowest BCUT2D eigenvalue weighted by atomic mass is 9.46. The Labute approximate surface area is 254 Å². The van der Waals surface area contributed by atoms with Crippen molar-refractivity contribution in [1.82, 2.24) is 0 Å².